The van der Waals surface area contributed by atoms with E-state index >= 15 is 0 Å². The molecule has 0 atom stereocenters. The number of ether oxygens (including phenoxy) is 1. The zero-order valence-electron chi connectivity index (χ0n) is 7.53. The molecule has 0 aliphatic heterocycles. The first kappa shape index (κ1) is 10.6. The third kappa shape index (κ3) is 1.34. The van der Waals surface area contributed by atoms with Crippen LogP contribution in [0.25, 0.3) is 0 Å². The molecular formula is C9H7F3O2. The van der Waals surface area contributed by atoms with Crippen LogP contribution < -0.4 is 4.74 Å². The molecule has 0 fully saturated rings. The molecule has 0 unspecified atom stereocenters. The highest BCUT2D eigenvalue weighted by Gasteiger charge is 2.22. The van der Waals surface area contributed by atoms with Crippen LogP contribution in [0.1, 0.15) is 15.9 Å². The molecule has 0 saturated heterocycles. The summed E-state index contributed by atoms with van der Waals surface area (Å²) in [6.07, 6.45) is 0.0657. The maximum atomic E-state index is 13.2. The number of aldehydes is 1. The Morgan fingerprint density at radius 2 is 1.71 bits per heavy atom. The molecule has 5 heteroatoms. The highest BCUT2D eigenvalue weighted by molar-refractivity contribution is 5.78. The van der Waals surface area contributed by atoms with Crippen molar-refractivity contribution in [2.24, 2.45) is 0 Å². The molecule has 1 rings (SSSR count). The molecule has 0 amide bonds. The van der Waals surface area contributed by atoms with Crippen molar-refractivity contribution in [1.29, 1.82) is 0 Å². The Bertz CT molecular complexity index is 359. The molecule has 1 aromatic carbocycles. The summed E-state index contributed by atoms with van der Waals surface area (Å²) in [5.74, 6) is -4.76. The van der Waals surface area contributed by atoms with Gasteiger partial charge in [-0.2, -0.15) is 4.39 Å². The second kappa shape index (κ2) is 3.69. The first-order valence-electron chi connectivity index (χ1n) is 3.70. The van der Waals surface area contributed by atoms with Crippen LogP contribution in [0.15, 0.2) is 0 Å². The van der Waals surface area contributed by atoms with E-state index in [1.54, 1.807) is 0 Å². The molecule has 0 spiro atoms. The van der Waals surface area contributed by atoms with Gasteiger partial charge in [0.25, 0.3) is 0 Å². The predicted molar refractivity (Wildman–Crippen MR) is 43.0 cm³/mol. The van der Waals surface area contributed by atoms with Crippen LogP contribution in [0.3, 0.4) is 0 Å². The van der Waals surface area contributed by atoms with Crippen LogP contribution >= 0.6 is 0 Å². The van der Waals surface area contributed by atoms with E-state index in [4.69, 9.17) is 0 Å². The van der Waals surface area contributed by atoms with Gasteiger partial charge in [0.2, 0.25) is 5.82 Å². The van der Waals surface area contributed by atoms with Gasteiger partial charge in [-0.1, -0.05) is 0 Å². The minimum atomic E-state index is -1.49. The molecule has 0 aliphatic carbocycles. The lowest BCUT2D eigenvalue weighted by Gasteiger charge is -2.08. The molecule has 2 nitrogen and oxygen atoms in total. The van der Waals surface area contributed by atoms with Crippen LogP contribution in [0.4, 0.5) is 13.2 Å². The number of carbonyl (C=O) groups excluding carboxylic acids is 1. The van der Waals surface area contributed by atoms with Crippen molar-refractivity contribution in [1.82, 2.24) is 0 Å². The number of halogens is 3. The summed E-state index contributed by atoms with van der Waals surface area (Å²) in [5, 5.41) is 0. The van der Waals surface area contributed by atoms with Crippen LogP contribution in [-0.4, -0.2) is 13.4 Å². The molecule has 0 N–H and O–H groups in total. The van der Waals surface area contributed by atoms with Gasteiger partial charge < -0.3 is 4.74 Å². The zero-order chi connectivity index (χ0) is 10.9. The Balaban J connectivity index is 3.63. The van der Waals surface area contributed by atoms with Gasteiger partial charge in [0.1, 0.15) is 0 Å². The summed E-state index contributed by atoms with van der Waals surface area (Å²) in [5.41, 5.74) is -0.892. The monoisotopic (exact) mass is 204 g/mol. The van der Waals surface area contributed by atoms with E-state index in [2.05, 4.69) is 4.74 Å². The van der Waals surface area contributed by atoms with Gasteiger partial charge in [-0.15, -0.1) is 0 Å². The van der Waals surface area contributed by atoms with Gasteiger partial charge in [0.15, 0.2) is 23.7 Å². The summed E-state index contributed by atoms with van der Waals surface area (Å²) >= 11 is 0. The quantitative estimate of drug-likeness (QED) is 0.545. The SMILES string of the molecule is COc1c(F)c(C)c(C=O)c(F)c1F. The van der Waals surface area contributed by atoms with E-state index in [1.807, 2.05) is 0 Å². The number of benzene rings is 1. The van der Waals surface area contributed by atoms with Crippen molar-refractivity contribution in [3.63, 3.8) is 0 Å². The molecule has 76 valence electrons. The second-order valence-electron chi connectivity index (χ2n) is 2.63. The zero-order valence-corrected chi connectivity index (χ0v) is 7.53. The fourth-order valence-corrected chi connectivity index (χ4v) is 1.09. The minimum Gasteiger partial charge on any atom is -0.491 e. The van der Waals surface area contributed by atoms with Gasteiger partial charge in [-0.3, -0.25) is 4.79 Å². The van der Waals surface area contributed by atoms with E-state index in [0.717, 1.165) is 7.11 Å². The normalized spacial score (nSPS) is 10.1. The van der Waals surface area contributed by atoms with Crippen molar-refractivity contribution >= 4 is 6.29 Å². The lowest BCUT2D eigenvalue weighted by molar-refractivity contribution is 0.111. The Morgan fingerprint density at radius 3 is 2.14 bits per heavy atom. The van der Waals surface area contributed by atoms with Crippen molar-refractivity contribution < 1.29 is 22.7 Å². The fourth-order valence-electron chi connectivity index (χ4n) is 1.09. The average Bonchev–Trinajstić information content (AvgIpc) is 2.17. The smallest absolute Gasteiger partial charge is 0.204 e. The Hall–Kier alpha value is -1.52. The summed E-state index contributed by atoms with van der Waals surface area (Å²) in [6, 6.07) is 0. The summed E-state index contributed by atoms with van der Waals surface area (Å²) in [6.45, 7) is 1.17. The first-order chi connectivity index (χ1) is 6.54. The average molecular weight is 204 g/mol. The molecular weight excluding hydrogens is 197 g/mol. The maximum absolute atomic E-state index is 13.2. The molecule has 0 aliphatic rings. The molecule has 0 radical (unpaired) electrons. The van der Waals surface area contributed by atoms with E-state index in [-0.39, 0.29) is 11.8 Å². The lowest BCUT2D eigenvalue weighted by atomic mass is 10.1. The Morgan fingerprint density at radius 1 is 1.14 bits per heavy atom. The van der Waals surface area contributed by atoms with E-state index < -0.39 is 28.8 Å². The van der Waals surface area contributed by atoms with Crippen molar-refractivity contribution in [3.8, 4) is 5.75 Å². The van der Waals surface area contributed by atoms with Gasteiger partial charge in [0, 0.05) is 5.56 Å². The number of rotatable bonds is 2. The predicted octanol–water partition coefficient (Wildman–Crippen LogP) is 2.23. The summed E-state index contributed by atoms with van der Waals surface area (Å²) in [4.78, 5) is 10.3. The van der Waals surface area contributed by atoms with Gasteiger partial charge in [-0.25, -0.2) is 8.78 Å². The number of methoxy groups -OCH3 is 1. The molecule has 0 aromatic heterocycles. The van der Waals surface area contributed by atoms with E-state index in [9.17, 15) is 18.0 Å². The Kier molecular flexibility index (Phi) is 2.78. The van der Waals surface area contributed by atoms with E-state index in [1.165, 1.54) is 6.92 Å². The van der Waals surface area contributed by atoms with Crippen molar-refractivity contribution in [2.45, 2.75) is 6.92 Å². The minimum absolute atomic E-state index is 0.0657. The second-order valence-corrected chi connectivity index (χ2v) is 2.63. The van der Waals surface area contributed by atoms with Gasteiger partial charge in [-0.05, 0) is 6.92 Å². The standard InChI is InChI=1S/C9H7F3O2/c1-4-5(3-13)7(11)8(12)9(14-2)6(4)10/h3H,1-2H3. The number of carbonyl (C=O) groups is 1. The largest absolute Gasteiger partial charge is 0.491 e. The lowest BCUT2D eigenvalue weighted by Crippen LogP contribution is -2.04. The highest BCUT2D eigenvalue weighted by atomic mass is 19.2. The number of hydrogen-bond acceptors (Lipinski definition) is 2. The molecule has 0 saturated carbocycles. The number of hydrogen-bond donors (Lipinski definition) is 0. The Labute approximate surface area is 78.3 Å². The van der Waals surface area contributed by atoms with Crippen LogP contribution in [0.5, 0.6) is 5.75 Å². The van der Waals surface area contributed by atoms with Crippen molar-refractivity contribution in [3.05, 3.63) is 28.6 Å². The summed E-state index contributed by atoms with van der Waals surface area (Å²) in [7, 11) is 1.01. The maximum Gasteiger partial charge on any atom is 0.204 e. The van der Waals surface area contributed by atoms with Gasteiger partial charge >= 0.3 is 0 Å². The third-order valence-corrected chi connectivity index (χ3v) is 1.88. The fraction of sp³-hybridized carbons (Fsp3) is 0.222. The topological polar surface area (TPSA) is 26.3 Å². The molecule has 0 heterocycles. The van der Waals surface area contributed by atoms with Crippen LogP contribution in [0.2, 0.25) is 0 Å². The molecule has 14 heavy (non-hydrogen) atoms. The van der Waals surface area contributed by atoms with Crippen LogP contribution in [-0.2, 0) is 0 Å². The third-order valence-electron chi connectivity index (χ3n) is 1.88. The van der Waals surface area contributed by atoms with Crippen molar-refractivity contribution in [2.75, 3.05) is 7.11 Å². The summed E-state index contributed by atoms with van der Waals surface area (Å²) < 4.78 is 43.6. The van der Waals surface area contributed by atoms with Crippen LogP contribution in [0, 0.1) is 24.4 Å². The molecule has 1 aromatic rings. The van der Waals surface area contributed by atoms with Gasteiger partial charge in [0.05, 0.1) is 12.7 Å². The van der Waals surface area contributed by atoms with E-state index in [0.29, 0.717) is 0 Å². The highest BCUT2D eigenvalue weighted by Crippen LogP contribution is 2.29. The molecule has 0 bridgehead atoms. The first-order valence-corrected chi connectivity index (χ1v) is 3.70.